The zero-order valence-electron chi connectivity index (χ0n) is 15.4. The van der Waals surface area contributed by atoms with Crippen molar-refractivity contribution >= 4 is 11.7 Å². The molecule has 3 nitrogen and oxygen atoms in total. The standard InChI is InChI=1S/C23H24N2O/c1-17-9-15-21(16-10-17)24-22(26)25-23(2,3)20-13-11-19(12-14-20)18-7-5-4-6-8-18/h4-16H,1-3H3,(H2,24,25,26). The molecule has 0 aromatic heterocycles. The maximum absolute atomic E-state index is 12.4. The number of nitrogens with one attached hydrogen (secondary N) is 2. The average Bonchev–Trinajstić information content (AvgIpc) is 2.64. The SMILES string of the molecule is Cc1ccc(NC(=O)NC(C)(C)c2ccc(-c3ccccc3)cc2)cc1. The van der Waals surface area contributed by atoms with Crippen LogP contribution in [0.1, 0.15) is 25.0 Å². The van der Waals surface area contributed by atoms with E-state index in [-0.39, 0.29) is 6.03 Å². The van der Waals surface area contributed by atoms with Crippen LogP contribution < -0.4 is 10.6 Å². The molecular formula is C23H24N2O. The number of rotatable bonds is 4. The molecule has 0 spiro atoms. The van der Waals surface area contributed by atoms with Gasteiger partial charge < -0.3 is 10.6 Å². The molecule has 0 bridgehead atoms. The predicted octanol–water partition coefficient (Wildman–Crippen LogP) is 5.72. The van der Waals surface area contributed by atoms with Crippen LogP contribution in [-0.2, 0) is 5.54 Å². The minimum absolute atomic E-state index is 0.217. The highest BCUT2D eigenvalue weighted by molar-refractivity contribution is 5.89. The molecule has 0 aliphatic carbocycles. The largest absolute Gasteiger partial charge is 0.329 e. The summed E-state index contributed by atoms with van der Waals surface area (Å²) in [6.45, 7) is 6.02. The van der Waals surface area contributed by atoms with Crippen molar-refractivity contribution in [2.75, 3.05) is 5.32 Å². The highest BCUT2D eigenvalue weighted by Gasteiger charge is 2.22. The molecule has 0 radical (unpaired) electrons. The van der Waals surface area contributed by atoms with Crippen LogP contribution in [0, 0.1) is 6.92 Å². The fraction of sp³-hybridized carbons (Fsp3) is 0.174. The van der Waals surface area contributed by atoms with Crippen molar-refractivity contribution in [3.63, 3.8) is 0 Å². The van der Waals surface area contributed by atoms with Gasteiger partial charge in [-0.1, -0.05) is 72.3 Å². The van der Waals surface area contributed by atoms with Crippen molar-refractivity contribution in [1.82, 2.24) is 5.32 Å². The summed E-state index contributed by atoms with van der Waals surface area (Å²) in [7, 11) is 0. The molecule has 2 N–H and O–H groups in total. The first-order chi connectivity index (χ1) is 12.4. The van der Waals surface area contributed by atoms with Crippen LogP contribution in [0.2, 0.25) is 0 Å². The number of carbonyl (C=O) groups is 1. The van der Waals surface area contributed by atoms with Gasteiger partial charge in [-0.25, -0.2) is 4.79 Å². The first-order valence-electron chi connectivity index (χ1n) is 8.76. The van der Waals surface area contributed by atoms with Crippen LogP contribution in [0.3, 0.4) is 0 Å². The molecule has 3 rings (SSSR count). The second kappa shape index (κ2) is 7.44. The van der Waals surface area contributed by atoms with Crippen molar-refractivity contribution in [1.29, 1.82) is 0 Å². The van der Waals surface area contributed by atoms with E-state index >= 15 is 0 Å². The van der Waals surface area contributed by atoms with Crippen molar-refractivity contribution in [3.05, 3.63) is 90.0 Å². The van der Waals surface area contributed by atoms with Crippen molar-refractivity contribution in [3.8, 4) is 11.1 Å². The van der Waals surface area contributed by atoms with E-state index in [0.29, 0.717) is 0 Å². The van der Waals surface area contributed by atoms with Gasteiger partial charge in [-0.15, -0.1) is 0 Å². The van der Waals surface area contributed by atoms with Crippen LogP contribution in [0.25, 0.3) is 11.1 Å². The summed E-state index contributed by atoms with van der Waals surface area (Å²) < 4.78 is 0. The molecule has 3 aromatic carbocycles. The third-order valence-corrected chi connectivity index (χ3v) is 4.45. The Bertz CT molecular complexity index is 866. The molecule has 3 heteroatoms. The quantitative estimate of drug-likeness (QED) is 0.624. The number of hydrogen-bond donors (Lipinski definition) is 2. The smallest absolute Gasteiger partial charge is 0.319 e. The number of carbonyl (C=O) groups excluding carboxylic acids is 1. The molecule has 3 aromatic rings. The highest BCUT2D eigenvalue weighted by Crippen LogP contribution is 2.25. The molecule has 0 saturated carbocycles. The van der Waals surface area contributed by atoms with Crippen LogP contribution >= 0.6 is 0 Å². The number of anilines is 1. The van der Waals surface area contributed by atoms with Crippen LogP contribution in [0.15, 0.2) is 78.9 Å². The lowest BCUT2D eigenvalue weighted by molar-refractivity contribution is 0.242. The van der Waals surface area contributed by atoms with Crippen LogP contribution in [0.4, 0.5) is 10.5 Å². The molecule has 0 heterocycles. The molecule has 0 unspecified atom stereocenters. The van der Waals surface area contributed by atoms with Gasteiger partial charge in [0.05, 0.1) is 5.54 Å². The van der Waals surface area contributed by atoms with Gasteiger partial charge in [-0.05, 0) is 49.6 Å². The maximum Gasteiger partial charge on any atom is 0.319 e. The van der Waals surface area contributed by atoms with Gasteiger partial charge in [-0.2, -0.15) is 0 Å². The second-order valence-corrected chi connectivity index (χ2v) is 7.01. The molecule has 0 aliphatic heterocycles. The van der Waals surface area contributed by atoms with Gasteiger partial charge in [0.2, 0.25) is 0 Å². The monoisotopic (exact) mass is 344 g/mol. The van der Waals surface area contributed by atoms with Gasteiger partial charge in [-0.3, -0.25) is 0 Å². The summed E-state index contributed by atoms with van der Waals surface area (Å²) in [4.78, 5) is 12.4. The summed E-state index contributed by atoms with van der Waals surface area (Å²) in [6.07, 6.45) is 0. The topological polar surface area (TPSA) is 41.1 Å². The maximum atomic E-state index is 12.4. The van der Waals surface area contributed by atoms with E-state index in [1.165, 1.54) is 5.56 Å². The van der Waals surface area contributed by atoms with Crippen LogP contribution in [0.5, 0.6) is 0 Å². The Labute approximate surface area is 155 Å². The van der Waals surface area contributed by atoms with Gasteiger partial charge in [0, 0.05) is 5.69 Å². The third-order valence-electron chi connectivity index (χ3n) is 4.45. The van der Waals surface area contributed by atoms with E-state index < -0.39 is 5.54 Å². The lowest BCUT2D eigenvalue weighted by Crippen LogP contribution is -2.43. The highest BCUT2D eigenvalue weighted by atomic mass is 16.2. The number of benzene rings is 3. The van der Waals surface area contributed by atoms with Gasteiger partial charge in [0.1, 0.15) is 0 Å². The molecule has 0 fully saturated rings. The summed E-state index contributed by atoms with van der Waals surface area (Å²) in [5.41, 5.74) is 4.86. The van der Waals surface area contributed by atoms with Gasteiger partial charge in [0.25, 0.3) is 0 Å². The summed E-state index contributed by atoms with van der Waals surface area (Å²) in [5, 5.41) is 5.93. The fourth-order valence-electron chi connectivity index (χ4n) is 2.87. The van der Waals surface area contributed by atoms with E-state index in [1.807, 2.05) is 63.2 Å². The zero-order chi connectivity index (χ0) is 18.6. The molecule has 0 aliphatic rings. The molecular weight excluding hydrogens is 320 g/mol. The Morgan fingerprint density at radius 1 is 0.769 bits per heavy atom. The second-order valence-electron chi connectivity index (χ2n) is 7.01. The van der Waals surface area contributed by atoms with Gasteiger partial charge in [0.15, 0.2) is 0 Å². The number of urea groups is 1. The normalized spacial score (nSPS) is 11.0. The Hall–Kier alpha value is -3.07. The minimum Gasteiger partial charge on any atom is -0.329 e. The molecule has 26 heavy (non-hydrogen) atoms. The fourth-order valence-corrected chi connectivity index (χ4v) is 2.87. The number of hydrogen-bond acceptors (Lipinski definition) is 1. The predicted molar refractivity (Wildman–Crippen MR) is 108 cm³/mol. The van der Waals surface area contributed by atoms with Gasteiger partial charge >= 0.3 is 6.03 Å². The van der Waals surface area contributed by atoms with Crippen molar-refractivity contribution in [2.24, 2.45) is 0 Å². The summed E-state index contributed by atoms with van der Waals surface area (Å²) in [5.74, 6) is 0. The van der Waals surface area contributed by atoms with Crippen molar-refractivity contribution < 1.29 is 4.79 Å². The lowest BCUT2D eigenvalue weighted by atomic mass is 9.92. The third kappa shape index (κ3) is 4.31. The molecule has 132 valence electrons. The van der Waals surface area contributed by atoms with E-state index in [1.54, 1.807) is 0 Å². The van der Waals surface area contributed by atoms with E-state index in [9.17, 15) is 4.79 Å². The Kier molecular flexibility index (Phi) is 5.08. The van der Waals surface area contributed by atoms with E-state index in [4.69, 9.17) is 0 Å². The van der Waals surface area contributed by atoms with Crippen LogP contribution in [-0.4, -0.2) is 6.03 Å². The molecule has 2 amide bonds. The minimum atomic E-state index is -0.482. The lowest BCUT2D eigenvalue weighted by Gasteiger charge is -2.27. The van der Waals surface area contributed by atoms with Crippen molar-refractivity contribution in [2.45, 2.75) is 26.3 Å². The first-order valence-corrected chi connectivity index (χ1v) is 8.76. The average molecular weight is 344 g/mol. The molecule has 0 atom stereocenters. The van der Waals surface area contributed by atoms with E-state index in [0.717, 1.165) is 22.4 Å². The Balaban J connectivity index is 1.69. The Morgan fingerprint density at radius 3 is 1.96 bits per heavy atom. The first kappa shape index (κ1) is 17.7. The van der Waals surface area contributed by atoms with E-state index in [2.05, 4.69) is 47.0 Å². The zero-order valence-corrected chi connectivity index (χ0v) is 15.4. The Morgan fingerprint density at radius 2 is 1.35 bits per heavy atom. The number of amides is 2. The summed E-state index contributed by atoms with van der Waals surface area (Å²) >= 11 is 0. The summed E-state index contributed by atoms with van der Waals surface area (Å²) in [6, 6.07) is 26.1. The number of aryl methyl sites for hydroxylation is 1. The molecule has 0 saturated heterocycles.